The van der Waals surface area contributed by atoms with Crippen molar-refractivity contribution in [3.63, 3.8) is 0 Å². The van der Waals surface area contributed by atoms with Crippen LogP contribution < -0.4 is 5.32 Å². The molecule has 19 heavy (non-hydrogen) atoms. The third kappa shape index (κ3) is 2.69. The van der Waals surface area contributed by atoms with E-state index in [9.17, 15) is 4.39 Å². The average Bonchev–Trinajstić information content (AvgIpc) is 2.34. The van der Waals surface area contributed by atoms with E-state index in [-0.39, 0.29) is 11.9 Å². The van der Waals surface area contributed by atoms with Crippen LogP contribution in [0.1, 0.15) is 33.9 Å². The molecule has 2 heteroatoms. The normalized spacial score (nSPS) is 12.5. The van der Waals surface area contributed by atoms with Crippen LogP contribution in [-0.2, 0) is 0 Å². The fourth-order valence-electron chi connectivity index (χ4n) is 2.66. The summed E-state index contributed by atoms with van der Waals surface area (Å²) in [4.78, 5) is 0. The van der Waals surface area contributed by atoms with Crippen molar-refractivity contribution in [1.29, 1.82) is 0 Å². The van der Waals surface area contributed by atoms with E-state index in [1.807, 2.05) is 39.1 Å². The number of halogens is 1. The molecule has 0 radical (unpaired) electrons. The highest BCUT2D eigenvalue weighted by Gasteiger charge is 2.20. The molecule has 100 valence electrons. The van der Waals surface area contributed by atoms with Crippen molar-refractivity contribution in [3.05, 3.63) is 70.0 Å². The Hall–Kier alpha value is -1.67. The van der Waals surface area contributed by atoms with Gasteiger partial charge in [0.05, 0.1) is 6.04 Å². The first kappa shape index (κ1) is 13.8. The van der Waals surface area contributed by atoms with Crippen LogP contribution in [0.5, 0.6) is 0 Å². The smallest absolute Gasteiger partial charge is 0.128 e. The van der Waals surface area contributed by atoms with Crippen molar-refractivity contribution in [2.45, 2.75) is 26.8 Å². The van der Waals surface area contributed by atoms with Gasteiger partial charge in [-0.2, -0.15) is 0 Å². The fourth-order valence-corrected chi connectivity index (χ4v) is 2.66. The van der Waals surface area contributed by atoms with Crippen LogP contribution in [0.15, 0.2) is 36.4 Å². The molecule has 1 N–H and O–H groups in total. The van der Waals surface area contributed by atoms with E-state index in [2.05, 4.69) is 24.4 Å². The molecule has 2 aromatic carbocycles. The number of hydrogen-bond donors (Lipinski definition) is 1. The second-order valence-electron chi connectivity index (χ2n) is 5.06. The predicted molar refractivity (Wildman–Crippen MR) is 78.0 cm³/mol. The first-order chi connectivity index (χ1) is 9.04. The first-order valence-electron chi connectivity index (χ1n) is 6.54. The summed E-state index contributed by atoms with van der Waals surface area (Å²) in [6.07, 6.45) is 0. The second-order valence-corrected chi connectivity index (χ2v) is 5.06. The molecule has 0 aliphatic heterocycles. The van der Waals surface area contributed by atoms with Crippen molar-refractivity contribution in [1.82, 2.24) is 5.32 Å². The second kappa shape index (κ2) is 5.54. The van der Waals surface area contributed by atoms with Crippen LogP contribution >= 0.6 is 0 Å². The molecule has 2 rings (SSSR count). The van der Waals surface area contributed by atoms with E-state index in [0.717, 1.165) is 22.3 Å². The number of benzene rings is 2. The molecule has 0 heterocycles. The lowest BCUT2D eigenvalue weighted by molar-refractivity contribution is 0.571. The lowest BCUT2D eigenvalue weighted by Gasteiger charge is -2.22. The molecule has 0 spiro atoms. The van der Waals surface area contributed by atoms with Gasteiger partial charge in [-0.3, -0.25) is 0 Å². The van der Waals surface area contributed by atoms with Gasteiger partial charge < -0.3 is 5.32 Å². The van der Waals surface area contributed by atoms with Crippen molar-refractivity contribution in [2.75, 3.05) is 7.05 Å². The van der Waals surface area contributed by atoms with E-state index in [1.54, 1.807) is 6.07 Å². The van der Waals surface area contributed by atoms with E-state index in [0.29, 0.717) is 0 Å². The Bertz CT molecular complexity index is 567. The minimum atomic E-state index is -0.139. The zero-order valence-corrected chi connectivity index (χ0v) is 11.9. The molecule has 0 amide bonds. The quantitative estimate of drug-likeness (QED) is 0.874. The molecule has 0 saturated carbocycles. The van der Waals surface area contributed by atoms with Gasteiger partial charge in [0.15, 0.2) is 0 Å². The average molecular weight is 257 g/mol. The Labute approximate surface area is 114 Å². The molecule has 0 bridgehead atoms. The van der Waals surface area contributed by atoms with Crippen molar-refractivity contribution >= 4 is 0 Å². The summed E-state index contributed by atoms with van der Waals surface area (Å²) in [5, 5.41) is 3.24. The minimum Gasteiger partial charge on any atom is -0.309 e. The van der Waals surface area contributed by atoms with Crippen LogP contribution in [0, 0.1) is 26.6 Å². The molecule has 0 aromatic heterocycles. The number of aryl methyl sites for hydroxylation is 3. The van der Waals surface area contributed by atoms with Crippen LogP contribution in [0.4, 0.5) is 4.39 Å². The van der Waals surface area contributed by atoms with Crippen molar-refractivity contribution in [3.8, 4) is 0 Å². The molecule has 0 fully saturated rings. The number of nitrogens with one attached hydrogen (secondary N) is 1. The highest BCUT2D eigenvalue weighted by Crippen LogP contribution is 2.29. The maximum Gasteiger partial charge on any atom is 0.128 e. The van der Waals surface area contributed by atoms with Gasteiger partial charge in [-0.1, -0.05) is 30.3 Å². The molecule has 1 unspecified atom stereocenters. The molecule has 0 saturated heterocycles. The van der Waals surface area contributed by atoms with Crippen LogP contribution in [0.2, 0.25) is 0 Å². The summed E-state index contributed by atoms with van der Waals surface area (Å²) in [7, 11) is 1.87. The summed E-state index contributed by atoms with van der Waals surface area (Å²) in [6, 6.07) is 11.6. The Kier molecular flexibility index (Phi) is 4.01. The maximum atomic E-state index is 14.3. The molecule has 1 nitrogen and oxygen atoms in total. The minimum absolute atomic E-state index is 0.109. The van der Waals surface area contributed by atoms with Crippen molar-refractivity contribution in [2.24, 2.45) is 0 Å². The van der Waals surface area contributed by atoms with E-state index < -0.39 is 0 Å². The van der Waals surface area contributed by atoms with Crippen LogP contribution in [0.25, 0.3) is 0 Å². The van der Waals surface area contributed by atoms with E-state index >= 15 is 0 Å². The largest absolute Gasteiger partial charge is 0.309 e. The molecular formula is C17H20FN. The zero-order chi connectivity index (χ0) is 14.0. The van der Waals surface area contributed by atoms with Gasteiger partial charge in [-0.25, -0.2) is 4.39 Å². The lowest BCUT2D eigenvalue weighted by atomic mass is 9.91. The zero-order valence-electron chi connectivity index (χ0n) is 11.9. The van der Waals surface area contributed by atoms with Gasteiger partial charge in [0.25, 0.3) is 0 Å². The third-order valence-electron chi connectivity index (χ3n) is 3.56. The summed E-state index contributed by atoms with van der Waals surface area (Å²) >= 11 is 0. The summed E-state index contributed by atoms with van der Waals surface area (Å²) < 4.78 is 14.3. The topological polar surface area (TPSA) is 12.0 Å². The highest BCUT2D eigenvalue weighted by molar-refractivity contribution is 5.42. The van der Waals surface area contributed by atoms with Gasteiger partial charge in [0.2, 0.25) is 0 Å². The summed E-state index contributed by atoms with van der Waals surface area (Å²) in [5.74, 6) is -0.139. The van der Waals surface area contributed by atoms with E-state index in [4.69, 9.17) is 0 Å². The Morgan fingerprint density at radius 3 is 2.26 bits per heavy atom. The Balaban J connectivity index is 2.58. The van der Waals surface area contributed by atoms with Crippen LogP contribution in [-0.4, -0.2) is 7.05 Å². The monoisotopic (exact) mass is 257 g/mol. The first-order valence-corrected chi connectivity index (χ1v) is 6.54. The van der Waals surface area contributed by atoms with Gasteiger partial charge >= 0.3 is 0 Å². The maximum absolute atomic E-state index is 14.3. The predicted octanol–water partition coefficient (Wildman–Crippen LogP) is 4.06. The van der Waals surface area contributed by atoms with Crippen LogP contribution in [0.3, 0.4) is 0 Å². The van der Waals surface area contributed by atoms with Gasteiger partial charge in [-0.05, 0) is 56.1 Å². The van der Waals surface area contributed by atoms with Crippen molar-refractivity contribution < 1.29 is 4.39 Å². The third-order valence-corrected chi connectivity index (χ3v) is 3.56. The number of hydrogen-bond acceptors (Lipinski definition) is 1. The molecule has 0 aliphatic rings. The number of rotatable bonds is 3. The Morgan fingerprint density at radius 2 is 1.68 bits per heavy atom. The SMILES string of the molecule is CNC(c1ccccc1C)c1c(C)cc(C)cc1F. The van der Waals surface area contributed by atoms with Gasteiger partial charge in [0.1, 0.15) is 5.82 Å². The summed E-state index contributed by atoms with van der Waals surface area (Å²) in [6.45, 7) is 5.94. The van der Waals surface area contributed by atoms with Gasteiger partial charge in [0, 0.05) is 5.56 Å². The standard InChI is InChI=1S/C17H20FN/c1-11-9-13(3)16(15(18)10-11)17(19-4)14-8-6-5-7-12(14)2/h5-10,17,19H,1-4H3. The molecular weight excluding hydrogens is 237 g/mol. The molecule has 2 aromatic rings. The Morgan fingerprint density at radius 1 is 1.00 bits per heavy atom. The fraction of sp³-hybridized carbons (Fsp3) is 0.294. The summed E-state index contributed by atoms with van der Waals surface area (Å²) in [5.41, 5.74) is 4.97. The van der Waals surface area contributed by atoms with Gasteiger partial charge in [-0.15, -0.1) is 0 Å². The highest BCUT2D eigenvalue weighted by atomic mass is 19.1. The molecule has 1 atom stereocenters. The van der Waals surface area contributed by atoms with E-state index in [1.165, 1.54) is 5.56 Å². The lowest BCUT2D eigenvalue weighted by Crippen LogP contribution is -2.21. The molecule has 0 aliphatic carbocycles.